The molecular weight excluding hydrogens is 374 g/mol. The first kappa shape index (κ1) is 20.5. The highest BCUT2D eigenvalue weighted by atomic mass is 32.2. The highest BCUT2D eigenvalue weighted by Gasteiger charge is 2.32. The molecule has 1 saturated heterocycles. The summed E-state index contributed by atoms with van der Waals surface area (Å²) < 4.78 is 29.0. The van der Waals surface area contributed by atoms with E-state index in [4.69, 9.17) is 0 Å². The van der Waals surface area contributed by atoms with Gasteiger partial charge in [-0.1, -0.05) is 26.0 Å². The van der Waals surface area contributed by atoms with Gasteiger partial charge < -0.3 is 9.88 Å². The van der Waals surface area contributed by atoms with E-state index >= 15 is 0 Å². The molecular formula is C21H29N3O3S. The maximum atomic E-state index is 13.2. The Morgan fingerprint density at radius 3 is 2.21 bits per heavy atom. The number of amides is 1. The van der Waals surface area contributed by atoms with Crippen molar-refractivity contribution in [3.63, 3.8) is 0 Å². The van der Waals surface area contributed by atoms with Crippen LogP contribution in [0.25, 0.3) is 0 Å². The summed E-state index contributed by atoms with van der Waals surface area (Å²) in [7, 11) is -3.90. The van der Waals surface area contributed by atoms with Crippen molar-refractivity contribution >= 4 is 21.6 Å². The van der Waals surface area contributed by atoms with Crippen LogP contribution in [0.5, 0.6) is 0 Å². The Balaban J connectivity index is 1.94. The fourth-order valence-electron chi connectivity index (χ4n) is 3.75. The number of benzene rings is 1. The summed E-state index contributed by atoms with van der Waals surface area (Å²) in [4.78, 5) is 17.9. The molecule has 0 bridgehead atoms. The molecule has 0 unspecified atom stereocenters. The molecule has 2 heterocycles. The molecule has 1 aromatic heterocycles. The van der Waals surface area contributed by atoms with E-state index in [1.165, 1.54) is 0 Å². The molecule has 7 heteroatoms. The maximum Gasteiger partial charge on any atom is 0.264 e. The van der Waals surface area contributed by atoms with E-state index in [2.05, 4.69) is 23.6 Å². The number of carbonyl (C=O) groups excluding carboxylic acids is 1. The lowest BCUT2D eigenvalue weighted by atomic mass is 10.0. The number of hydrogen-bond donors (Lipinski definition) is 2. The van der Waals surface area contributed by atoms with Gasteiger partial charge >= 0.3 is 0 Å². The van der Waals surface area contributed by atoms with Gasteiger partial charge in [-0.15, -0.1) is 0 Å². The topological polar surface area (TPSA) is 82.3 Å². The van der Waals surface area contributed by atoms with Gasteiger partial charge in [0, 0.05) is 30.2 Å². The van der Waals surface area contributed by atoms with Crippen LogP contribution in [0, 0.1) is 13.8 Å². The van der Waals surface area contributed by atoms with E-state index in [0.29, 0.717) is 36.1 Å². The van der Waals surface area contributed by atoms with Crippen LogP contribution >= 0.6 is 0 Å². The van der Waals surface area contributed by atoms with Gasteiger partial charge in [-0.2, -0.15) is 0 Å². The zero-order valence-corrected chi connectivity index (χ0v) is 17.8. The lowest BCUT2D eigenvalue weighted by Crippen LogP contribution is -2.36. The van der Waals surface area contributed by atoms with E-state index in [-0.39, 0.29) is 16.4 Å². The van der Waals surface area contributed by atoms with Crippen LogP contribution in [0.3, 0.4) is 0 Å². The third-order valence-electron chi connectivity index (χ3n) is 5.27. The molecule has 1 amide bonds. The summed E-state index contributed by atoms with van der Waals surface area (Å²) in [5.41, 5.74) is 2.94. The van der Waals surface area contributed by atoms with Gasteiger partial charge in [0.1, 0.15) is 4.90 Å². The summed E-state index contributed by atoms with van der Waals surface area (Å²) in [6, 6.07) is 7.34. The average molecular weight is 404 g/mol. The molecule has 2 aromatic rings. The molecule has 28 heavy (non-hydrogen) atoms. The summed E-state index contributed by atoms with van der Waals surface area (Å²) in [5, 5.41) is 0. The smallest absolute Gasteiger partial charge is 0.264 e. The Hall–Kier alpha value is -2.28. The molecule has 152 valence electrons. The largest absolute Gasteiger partial charge is 0.361 e. The molecule has 3 rings (SSSR count). The SMILES string of the molecule is Cc1[nH]c(C)c(S(=O)(=O)Nc2ccc(C(C)C)cc2)c1C(=O)N1CCCCC1. The molecule has 0 saturated carbocycles. The van der Waals surface area contributed by atoms with Crippen LogP contribution in [0.1, 0.15) is 66.3 Å². The van der Waals surface area contributed by atoms with Crippen molar-refractivity contribution in [1.29, 1.82) is 0 Å². The fourth-order valence-corrected chi connectivity index (χ4v) is 5.26. The second kappa shape index (κ2) is 7.99. The van der Waals surface area contributed by atoms with Gasteiger partial charge in [0.2, 0.25) is 0 Å². The third kappa shape index (κ3) is 4.09. The van der Waals surface area contributed by atoms with E-state index < -0.39 is 10.0 Å². The number of sulfonamides is 1. The summed E-state index contributed by atoms with van der Waals surface area (Å²) in [6.45, 7) is 8.96. The predicted molar refractivity (Wildman–Crippen MR) is 111 cm³/mol. The Morgan fingerprint density at radius 2 is 1.64 bits per heavy atom. The van der Waals surface area contributed by atoms with Gasteiger partial charge in [0.05, 0.1) is 5.56 Å². The zero-order chi connectivity index (χ0) is 20.5. The number of aromatic amines is 1. The first-order valence-corrected chi connectivity index (χ1v) is 11.3. The number of nitrogens with one attached hydrogen (secondary N) is 2. The number of H-pyrrole nitrogens is 1. The van der Waals surface area contributed by atoms with Crippen molar-refractivity contribution in [2.24, 2.45) is 0 Å². The van der Waals surface area contributed by atoms with Gasteiger partial charge in [0.15, 0.2) is 0 Å². The highest BCUT2D eigenvalue weighted by Crippen LogP contribution is 2.28. The fraction of sp³-hybridized carbons (Fsp3) is 0.476. The molecule has 1 aliphatic heterocycles. The van der Waals surface area contributed by atoms with E-state index in [1.807, 2.05) is 12.1 Å². The van der Waals surface area contributed by atoms with Crippen LogP contribution < -0.4 is 4.72 Å². The minimum atomic E-state index is -3.90. The minimum absolute atomic E-state index is 0.0495. The summed E-state index contributed by atoms with van der Waals surface area (Å²) in [5.74, 6) is 0.158. The Kier molecular flexibility index (Phi) is 5.84. The second-order valence-corrected chi connectivity index (χ2v) is 9.43. The number of likely N-dealkylation sites (tertiary alicyclic amines) is 1. The van der Waals surface area contributed by atoms with Crippen molar-refractivity contribution in [2.75, 3.05) is 17.8 Å². The van der Waals surface area contributed by atoms with Crippen molar-refractivity contribution < 1.29 is 13.2 Å². The quantitative estimate of drug-likeness (QED) is 0.786. The summed E-state index contributed by atoms with van der Waals surface area (Å²) in [6.07, 6.45) is 3.02. The zero-order valence-electron chi connectivity index (χ0n) is 17.0. The number of anilines is 1. The van der Waals surface area contributed by atoms with E-state index in [0.717, 1.165) is 24.8 Å². The van der Waals surface area contributed by atoms with Crippen LogP contribution in [0.15, 0.2) is 29.2 Å². The molecule has 6 nitrogen and oxygen atoms in total. The number of aromatic nitrogens is 1. The van der Waals surface area contributed by atoms with Crippen LogP contribution in [0.4, 0.5) is 5.69 Å². The van der Waals surface area contributed by atoms with Gasteiger partial charge in [-0.3, -0.25) is 9.52 Å². The predicted octanol–water partition coefficient (Wildman–Crippen LogP) is 4.18. The monoisotopic (exact) mass is 403 g/mol. The molecule has 0 aliphatic carbocycles. The molecule has 0 radical (unpaired) electrons. The number of aryl methyl sites for hydroxylation is 2. The van der Waals surface area contributed by atoms with Crippen LogP contribution in [-0.4, -0.2) is 37.3 Å². The first-order valence-electron chi connectivity index (χ1n) is 9.82. The lowest BCUT2D eigenvalue weighted by Gasteiger charge is -2.27. The minimum Gasteiger partial charge on any atom is -0.361 e. The standard InChI is InChI=1S/C21H29N3O3S/c1-14(2)17-8-10-18(11-9-17)23-28(26,27)20-16(4)22-15(3)19(20)21(25)24-12-6-5-7-13-24/h8-11,14,22-23H,5-7,12-13H2,1-4H3. The van der Waals surface area contributed by atoms with Crippen LogP contribution in [0.2, 0.25) is 0 Å². The molecule has 0 atom stereocenters. The van der Waals surface area contributed by atoms with Gasteiger partial charge in [-0.25, -0.2) is 8.42 Å². The normalized spacial score (nSPS) is 15.1. The number of piperidine rings is 1. The van der Waals surface area contributed by atoms with E-state index in [9.17, 15) is 13.2 Å². The number of carbonyl (C=O) groups is 1. The molecule has 1 aliphatic rings. The number of hydrogen-bond acceptors (Lipinski definition) is 3. The van der Waals surface area contributed by atoms with Crippen molar-refractivity contribution in [2.45, 2.75) is 57.8 Å². The lowest BCUT2D eigenvalue weighted by molar-refractivity contribution is 0.0720. The molecule has 2 N–H and O–H groups in total. The second-order valence-electron chi connectivity index (χ2n) is 7.81. The average Bonchev–Trinajstić information content (AvgIpc) is 2.96. The summed E-state index contributed by atoms with van der Waals surface area (Å²) >= 11 is 0. The number of rotatable bonds is 5. The third-order valence-corrected chi connectivity index (χ3v) is 6.83. The molecule has 1 fully saturated rings. The number of nitrogens with zero attached hydrogens (tertiary/aromatic N) is 1. The van der Waals surface area contributed by atoms with E-state index in [1.54, 1.807) is 30.9 Å². The van der Waals surface area contributed by atoms with Crippen molar-refractivity contribution in [3.05, 3.63) is 46.8 Å². The molecule has 1 aromatic carbocycles. The Labute approximate surface area is 167 Å². The highest BCUT2D eigenvalue weighted by molar-refractivity contribution is 7.92. The maximum absolute atomic E-state index is 13.2. The van der Waals surface area contributed by atoms with Crippen LogP contribution in [-0.2, 0) is 10.0 Å². The van der Waals surface area contributed by atoms with Gasteiger partial charge in [0.25, 0.3) is 15.9 Å². The Morgan fingerprint density at radius 1 is 1.04 bits per heavy atom. The van der Waals surface area contributed by atoms with Crippen molar-refractivity contribution in [3.8, 4) is 0 Å². The molecule has 0 spiro atoms. The Bertz CT molecular complexity index is 954. The first-order chi connectivity index (χ1) is 13.2. The van der Waals surface area contributed by atoms with Gasteiger partial charge in [-0.05, 0) is 56.7 Å². The van der Waals surface area contributed by atoms with Crippen molar-refractivity contribution in [1.82, 2.24) is 9.88 Å².